The van der Waals surface area contributed by atoms with E-state index in [2.05, 4.69) is 37.9 Å². The first-order valence-corrected chi connectivity index (χ1v) is 6.43. The second-order valence-corrected chi connectivity index (χ2v) is 5.53. The van der Waals surface area contributed by atoms with Crippen LogP contribution < -0.4 is 10.5 Å². The largest absolute Gasteiger partial charge is 0.455 e. The van der Waals surface area contributed by atoms with Crippen molar-refractivity contribution in [2.75, 3.05) is 0 Å². The molecule has 0 aliphatic carbocycles. The minimum atomic E-state index is 0.148. The molecule has 2 N–H and O–H groups in total. The zero-order valence-corrected chi connectivity index (χ0v) is 11.7. The van der Waals surface area contributed by atoms with E-state index in [0.717, 1.165) is 11.4 Å². The number of nitrogens with two attached hydrogens (primary N) is 1. The van der Waals surface area contributed by atoms with E-state index < -0.39 is 0 Å². The molecule has 0 aliphatic rings. The average molecular weight is 256 g/mol. The van der Waals surface area contributed by atoms with Gasteiger partial charge in [-0.3, -0.25) is 4.98 Å². The van der Waals surface area contributed by atoms with Crippen molar-refractivity contribution in [2.45, 2.75) is 32.7 Å². The molecule has 0 aliphatic heterocycles. The maximum absolute atomic E-state index is 5.83. The highest BCUT2D eigenvalue weighted by Gasteiger charge is 2.13. The Hall–Kier alpha value is -1.87. The Bertz CT molecular complexity index is 541. The Morgan fingerprint density at radius 1 is 1.11 bits per heavy atom. The normalized spacial score (nSPS) is 11.4. The van der Waals surface area contributed by atoms with Crippen LogP contribution in [0.4, 0.5) is 0 Å². The van der Waals surface area contributed by atoms with Crippen LogP contribution in [-0.2, 0) is 12.0 Å². The molecule has 19 heavy (non-hydrogen) atoms. The zero-order valence-electron chi connectivity index (χ0n) is 11.7. The molecule has 0 radical (unpaired) electrons. The van der Waals surface area contributed by atoms with Gasteiger partial charge in [0.25, 0.3) is 0 Å². The summed E-state index contributed by atoms with van der Waals surface area (Å²) in [6.07, 6.45) is 1.72. The molecule has 1 aromatic heterocycles. The molecule has 0 amide bonds. The quantitative estimate of drug-likeness (QED) is 0.912. The van der Waals surface area contributed by atoms with Gasteiger partial charge in [0.1, 0.15) is 11.5 Å². The molecule has 100 valence electrons. The summed E-state index contributed by atoms with van der Waals surface area (Å²) in [5.74, 6) is 1.52. The van der Waals surface area contributed by atoms with Gasteiger partial charge in [-0.05, 0) is 35.2 Å². The SMILES string of the molecule is CC(C)(C)c1ccc(Oc2cccnc2CN)cc1. The predicted molar refractivity (Wildman–Crippen MR) is 77.3 cm³/mol. The van der Waals surface area contributed by atoms with Crippen LogP contribution in [0.5, 0.6) is 11.5 Å². The van der Waals surface area contributed by atoms with Gasteiger partial charge >= 0.3 is 0 Å². The number of hydrogen-bond acceptors (Lipinski definition) is 3. The molecule has 1 heterocycles. The molecule has 3 heteroatoms. The van der Waals surface area contributed by atoms with E-state index in [-0.39, 0.29) is 5.41 Å². The summed E-state index contributed by atoms with van der Waals surface area (Å²) >= 11 is 0. The highest BCUT2D eigenvalue weighted by atomic mass is 16.5. The van der Waals surface area contributed by atoms with Crippen LogP contribution in [0, 0.1) is 0 Å². The fourth-order valence-corrected chi connectivity index (χ4v) is 1.82. The number of rotatable bonds is 3. The van der Waals surface area contributed by atoms with Gasteiger partial charge in [-0.25, -0.2) is 0 Å². The maximum Gasteiger partial charge on any atom is 0.150 e. The second kappa shape index (κ2) is 5.41. The first kappa shape index (κ1) is 13.6. The molecule has 0 saturated carbocycles. The molecule has 0 saturated heterocycles. The Balaban J connectivity index is 2.20. The lowest BCUT2D eigenvalue weighted by molar-refractivity contribution is 0.471. The van der Waals surface area contributed by atoms with Gasteiger partial charge in [-0.15, -0.1) is 0 Å². The van der Waals surface area contributed by atoms with Crippen LogP contribution in [0.25, 0.3) is 0 Å². The third kappa shape index (κ3) is 3.32. The van der Waals surface area contributed by atoms with E-state index in [0.29, 0.717) is 12.3 Å². The van der Waals surface area contributed by atoms with Crippen molar-refractivity contribution in [2.24, 2.45) is 5.73 Å². The van der Waals surface area contributed by atoms with Crippen molar-refractivity contribution >= 4 is 0 Å². The van der Waals surface area contributed by atoms with Crippen LogP contribution in [0.1, 0.15) is 32.0 Å². The lowest BCUT2D eigenvalue weighted by Gasteiger charge is -2.19. The fraction of sp³-hybridized carbons (Fsp3) is 0.312. The van der Waals surface area contributed by atoms with Crippen molar-refractivity contribution in [1.29, 1.82) is 0 Å². The molecule has 2 aromatic rings. The molecular weight excluding hydrogens is 236 g/mol. The number of ether oxygens (including phenoxy) is 1. The number of pyridine rings is 1. The summed E-state index contributed by atoms with van der Waals surface area (Å²) < 4.78 is 5.83. The lowest BCUT2D eigenvalue weighted by Crippen LogP contribution is -2.10. The smallest absolute Gasteiger partial charge is 0.150 e. The van der Waals surface area contributed by atoms with Crippen LogP contribution in [-0.4, -0.2) is 4.98 Å². The number of hydrogen-bond donors (Lipinski definition) is 1. The molecule has 0 fully saturated rings. The van der Waals surface area contributed by atoms with Gasteiger partial charge in [-0.2, -0.15) is 0 Å². The van der Waals surface area contributed by atoms with Crippen molar-refractivity contribution in [3.63, 3.8) is 0 Å². The highest BCUT2D eigenvalue weighted by molar-refractivity contribution is 5.36. The Labute approximate surface area is 114 Å². The Morgan fingerprint density at radius 2 is 1.79 bits per heavy atom. The third-order valence-electron chi connectivity index (χ3n) is 2.99. The van der Waals surface area contributed by atoms with E-state index in [4.69, 9.17) is 10.5 Å². The van der Waals surface area contributed by atoms with Crippen molar-refractivity contribution in [3.05, 3.63) is 53.9 Å². The highest BCUT2D eigenvalue weighted by Crippen LogP contribution is 2.27. The van der Waals surface area contributed by atoms with Crippen LogP contribution in [0.15, 0.2) is 42.6 Å². The zero-order chi connectivity index (χ0) is 13.9. The molecular formula is C16H20N2O. The summed E-state index contributed by atoms with van der Waals surface area (Å²) in [4.78, 5) is 4.20. The molecule has 0 spiro atoms. The minimum absolute atomic E-state index is 0.148. The molecule has 1 aromatic carbocycles. The molecule has 2 rings (SSSR count). The van der Waals surface area contributed by atoms with Crippen molar-refractivity contribution in [1.82, 2.24) is 4.98 Å². The van der Waals surface area contributed by atoms with Gasteiger partial charge in [0.05, 0.1) is 5.69 Å². The van der Waals surface area contributed by atoms with Gasteiger partial charge in [0.2, 0.25) is 0 Å². The van der Waals surface area contributed by atoms with E-state index in [1.807, 2.05) is 24.3 Å². The van der Waals surface area contributed by atoms with Crippen molar-refractivity contribution < 1.29 is 4.74 Å². The van der Waals surface area contributed by atoms with E-state index in [1.54, 1.807) is 6.20 Å². The van der Waals surface area contributed by atoms with E-state index in [1.165, 1.54) is 5.56 Å². The number of aromatic nitrogens is 1. The first-order chi connectivity index (χ1) is 9.00. The van der Waals surface area contributed by atoms with E-state index >= 15 is 0 Å². The molecule has 0 bridgehead atoms. The summed E-state index contributed by atoms with van der Waals surface area (Å²) in [5.41, 5.74) is 7.84. The van der Waals surface area contributed by atoms with Crippen molar-refractivity contribution in [3.8, 4) is 11.5 Å². The lowest BCUT2D eigenvalue weighted by atomic mass is 9.87. The van der Waals surface area contributed by atoms with Crippen LogP contribution >= 0.6 is 0 Å². The first-order valence-electron chi connectivity index (χ1n) is 6.43. The van der Waals surface area contributed by atoms with Gasteiger partial charge < -0.3 is 10.5 Å². The number of benzene rings is 1. The molecule has 3 nitrogen and oxygen atoms in total. The van der Waals surface area contributed by atoms with Gasteiger partial charge in [0, 0.05) is 12.7 Å². The van der Waals surface area contributed by atoms with Crippen LogP contribution in [0.3, 0.4) is 0 Å². The Kier molecular flexibility index (Phi) is 3.86. The summed E-state index contributed by atoms with van der Waals surface area (Å²) in [6, 6.07) is 11.9. The summed E-state index contributed by atoms with van der Waals surface area (Å²) in [6.45, 7) is 6.94. The second-order valence-electron chi connectivity index (χ2n) is 5.53. The van der Waals surface area contributed by atoms with Gasteiger partial charge in [-0.1, -0.05) is 32.9 Å². The third-order valence-corrected chi connectivity index (χ3v) is 2.99. The fourth-order valence-electron chi connectivity index (χ4n) is 1.82. The Morgan fingerprint density at radius 3 is 2.37 bits per heavy atom. The summed E-state index contributed by atoms with van der Waals surface area (Å²) in [5, 5.41) is 0. The predicted octanol–water partition coefficient (Wildman–Crippen LogP) is 3.63. The number of nitrogens with zero attached hydrogens (tertiary/aromatic N) is 1. The van der Waals surface area contributed by atoms with Crippen LogP contribution in [0.2, 0.25) is 0 Å². The van der Waals surface area contributed by atoms with E-state index in [9.17, 15) is 0 Å². The summed E-state index contributed by atoms with van der Waals surface area (Å²) in [7, 11) is 0. The topological polar surface area (TPSA) is 48.1 Å². The minimum Gasteiger partial charge on any atom is -0.455 e. The maximum atomic E-state index is 5.83. The van der Waals surface area contributed by atoms with Gasteiger partial charge in [0.15, 0.2) is 0 Å². The molecule has 0 atom stereocenters. The standard InChI is InChI=1S/C16H20N2O/c1-16(2,3)12-6-8-13(9-7-12)19-15-5-4-10-18-14(15)11-17/h4-10H,11,17H2,1-3H3. The molecule has 0 unspecified atom stereocenters. The monoisotopic (exact) mass is 256 g/mol. The average Bonchev–Trinajstić information content (AvgIpc) is 2.39.